The van der Waals surface area contributed by atoms with Crippen LogP contribution in [0.3, 0.4) is 0 Å². The molecule has 0 saturated carbocycles. The normalized spacial score (nSPS) is 11.3. The van der Waals surface area contributed by atoms with Crippen LogP contribution >= 0.6 is 47.8 Å². The molecule has 0 fully saturated rings. The van der Waals surface area contributed by atoms with Crippen LogP contribution in [0.25, 0.3) is 0 Å². The Bertz CT molecular complexity index is 752. The SMILES string of the molecule is O=S(=O)([O-])OCc1c(Br)c(O)c(OS(=O)(=O)[O-])c(Br)c1Br.[Na+].[Na+]. The average Bonchev–Trinajstić information content (AvgIpc) is 2.29. The van der Waals surface area contributed by atoms with E-state index in [2.05, 4.69) is 56.2 Å². The van der Waals surface area contributed by atoms with Crippen LogP contribution in [0.4, 0.5) is 0 Å². The molecule has 16 heteroatoms. The minimum absolute atomic E-state index is 0. The monoisotopic (exact) mass is 578 g/mol. The zero-order chi connectivity index (χ0) is 16.6. The summed E-state index contributed by atoms with van der Waals surface area (Å²) in [5.74, 6) is -1.54. The smallest absolute Gasteiger partial charge is 0.726 e. The number of rotatable bonds is 5. The maximum Gasteiger partial charge on any atom is 1.00 e. The van der Waals surface area contributed by atoms with Gasteiger partial charge in [-0.2, -0.15) is 0 Å². The number of benzene rings is 1. The Morgan fingerprint density at radius 1 is 0.913 bits per heavy atom. The third-order valence-electron chi connectivity index (χ3n) is 1.88. The summed E-state index contributed by atoms with van der Waals surface area (Å²) < 4.78 is 70.7. The molecule has 0 heterocycles. The Labute approximate surface area is 201 Å². The summed E-state index contributed by atoms with van der Waals surface area (Å²) in [6.45, 7) is -0.760. The number of aromatic hydroxyl groups is 1. The van der Waals surface area contributed by atoms with Gasteiger partial charge in [0.2, 0.25) is 10.4 Å². The third kappa shape index (κ3) is 8.51. The summed E-state index contributed by atoms with van der Waals surface area (Å²) in [6.07, 6.45) is 0. The van der Waals surface area contributed by atoms with Gasteiger partial charge in [-0.25, -0.2) is 16.8 Å². The molecule has 0 aromatic heterocycles. The van der Waals surface area contributed by atoms with Crippen molar-refractivity contribution in [2.45, 2.75) is 6.61 Å². The van der Waals surface area contributed by atoms with Crippen molar-refractivity contribution in [1.29, 1.82) is 0 Å². The number of phenolic OH excluding ortho intramolecular Hbond substituents is 1. The van der Waals surface area contributed by atoms with E-state index < -0.39 is 38.9 Å². The van der Waals surface area contributed by atoms with Crippen LogP contribution < -0.4 is 63.3 Å². The van der Waals surface area contributed by atoms with Gasteiger partial charge in [0.05, 0.1) is 15.6 Å². The van der Waals surface area contributed by atoms with Crippen molar-refractivity contribution in [3.05, 3.63) is 19.0 Å². The molecule has 0 atom stereocenters. The van der Waals surface area contributed by atoms with Gasteiger partial charge in [0.1, 0.15) is 0 Å². The van der Waals surface area contributed by atoms with Crippen LogP contribution in [-0.4, -0.2) is 31.0 Å². The molecule has 1 N–H and O–H groups in total. The Kier molecular flexibility index (Phi) is 12.3. The molecular formula is C7H3Br3Na2O9S2. The first-order chi connectivity index (χ1) is 9.33. The fraction of sp³-hybridized carbons (Fsp3) is 0.143. The molecule has 0 saturated heterocycles. The fourth-order valence-corrected chi connectivity index (χ4v) is 3.61. The van der Waals surface area contributed by atoms with Crippen LogP contribution in [0.15, 0.2) is 13.4 Å². The summed E-state index contributed by atoms with van der Waals surface area (Å²) in [4.78, 5) is 0. The summed E-state index contributed by atoms with van der Waals surface area (Å²) in [6, 6.07) is 0. The Morgan fingerprint density at radius 3 is 1.78 bits per heavy atom. The van der Waals surface area contributed by atoms with E-state index in [-0.39, 0.29) is 78.1 Å². The zero-order valence-corrected chi connectivity index (χ0v) is 21.8. The maximum absolute atomic E-state index is 10.6. The minimum Gasteiger partial charge on any atom is -0.726 e. The molecule has 0 aliphatic rings. The largest absolute Gasteiger partial charge is 1.00 e. The first-order valence-corrected chi connectivity index (χ1v) is 9.52. The Balaban J connectivity index is 0. The molecular weight excluding hydrogens is 578 g/mol. The average molecular weight is 581 g/mol. The van der Waals surface area contributed by atoms with Gasteiger partial charge in [-0.1, -0.05) is 0 Å². The van der Waals surface area contributed by atoms with Crippen LogP contribution in [-0.2, 0) is 31.6 Å². The van der Waals surface area contributed by atoms with Gasteiger partial charge in [-0.3, -0.25) is 4.18 Å². The van der Waals surface area contributed by atoms with Crippen molar-refractivity contribution in [2.24, 2.45) is 0 Å². The van der Waals surface area contributed by atoms with Gasteiger partial charge in [0, 0.05) is 10.0 Å². The molecule has 0 aliphatic heterocycles. The molecule has 23 heavy (non-hydrogen) atoms. The van der Waals surface area contributed by atoms with Gasteiger partial charge in [0.15, 0.2) is 11.5 Å². The van der Waals surface area contributed by atoms with Crippen LogP contribution in [0.2, 0.25) is 0 Å². The molecule has 1 aromatic carbocycles. The van der Waals surface area contributed by atoms with Crippen molar-refractivity contribution in [1.82, 2.24) is 0 Å². The van der Waals surface area contributed by atoms with Crippen molar-refractivity contribution in [3.63, 3.8) is 0 Å². The molecule has 0 spiro atoms. The second kappa shape index (κ2) is 10.4. The van der Waals surface area contributed by atoms with Gasteiger partial charge in [-0.05, 0) is 47.8 Å². The van der Waals surface area contributed by atoms with E-state index in [0.717, 1.165) is 0 Å². The molecule has 1 rings (SSSR count). The number of hydrogen-bond donors (Lipinski definition) is 1. The molecule has 0 radical (unpaired) electrons. The van der Waals surface area contributed by atoms with E-state index in [9.17, 15) is 31.0 Å². The zero-order valence-electron chi connectivity index (χ0n) is 11.4. The van der Waals surface area contributed by atoms with Crippen molar-refractivity contribution in [2.75, 3.05) is 0 Å². The molecule has 0 unspecified atom stereocenters. The first kappa shape index (κ1) is 27.3. The summed E-state index contributed by atoms with van der Waals surface area (Å²) >= 11 is 8.64. The van der Waals surface area contributed by atoms with Gasteiger partial charge >= 0.3 is 59.1 Å². The number of phenols is 1. The molecule has 0 aliphatic carbocycles. The van der Waals surface area contributed by atoms with E-state index in [1.165, 1.54) is 0 Å². The predicted molar refractivity (Wildman–Crippen MR) is 76.0 cm³/mol. The van der Waals surface area contributed by atoms with Crippen LogP contribution in [0.5, 0.6) is 11.5 Å². The van der Waals surface area contributed by atoms with E-state index in [1.54, 1.807) is 0 Å². The third-order valence-corrected chi connectivity index (χ3v) is 5.67. The molecule has 1 aromatic rings. The second-order valence-electron chi connectivity index (χ2n) is 3.26. The summed E-state index contributed by atoms with van der Waals surface area (Å²) in [5, 5.41) is 9.77. The topological polar surface area (TPSA) is 153 Å². The Morgan fingerprint density at radius 2 is 1.39 bits per heavy atom. The molecule has 9 nitrogen and oxygen atoms in total. The molecule has 0 bridgehead atoms. The maximum atomic E-state index is 10.6. The quantitative estimate of drug-likeness (QED) is 0.157. The van der Waals surface area contributed by atoms with Crippen molar-refractivity contribution in [3.8, 4) is 11.5 Å². The van der Waals surface area contributed by atoms with E-state index in [0.29, 0.717) is 0 Å². The Hall–Kier alpha value is 2.04. The first-order valence-electron chi connectivity index (χ1n) is 4.47. The van der Waals surface area contributed by atoms with Crippen molar-refractivity contribution < 1.29 is 98.5 Å². The van der Waals surface area contributed by atoms with Crippen LogP contribution in [0, 0.1) is 0 Å². The minimum atomic E-state index is -5.16. The number of hydrogen-bond acceptors (Lipinski definition) is 9. The van der Waals surface area contributed by atoms with E-state index >= 15 is 0 Å². The standard InChI is InChI=1S/C7H5Br3O9S2.2Na/c8-3-2(1-18-20(12,13)14)4(9)6(11)7(5(3)10)19-21(15,16)17;;/h11H,1H2,(H,12,13,14)(H,15,16,17);;/q;2*+1/p-2. The second-order valence-corrected chi connectivity index (χ2v) is 7.67. The number of halogens is 3. The predicted octanol–water partition coefficient (Wildman–Crippen LogP) is -4.50. The molecule has 120 valence electrons. The van der Waals surface area contributed by atoms with E-state index in [1.807, 2.05) is 0 Å². The summed E-state index contributed by atoms with van der Waals surface area (Å²) in [5.41, 5.74) is -0.0468. The van der Waals surface area contributed by atoms with Gasteiger partial charge in [-0.15, -0.1) is 0 Å². The van der Waals surface area contributed by atoms with E-state index in [4.69, 9.17) is 0 Å². The van der Waals surface area contributed by atoms with Gasteiger partial charge < -0.3 is 18.4 Å². The van der Waals surface area contributed by atoms with Crippen LogP contribution in [0.1, 0.15) is 5.56 Å². The fourth-order valence-electron chi connectivity index (χ4n) is 1.11. The van der Waals surface area contributed by atoms with Gasteiger partial charge in [0.25, 0.3) is 10.4 Å². The summed E-state index contributed by atoms with van der Waals surface area (Å²) in [7, 11) is -10.1. The van der Waals surface area contributed by atoms with Crippen molar-refractivity contribution >= 4 is 68.6 Å². The molecule has 0 amide bonds.